The minimum atomic E-state index is -0.851. The third-order valence-electron chi connectivity index (χ3n) is 3.81. The molecule has 2 aromatic carbocycles. The second-order valence-electron chi connectivity index (χ2n) is 5.74. The van der Waals surface area contributed by atoms with Gasteiger partial charge in [-0.2, -0.15) is 0 Å². The highest BCUT2D eigenvalue weighted by molar-refractivity contribution is 6.09. The number of rotatable bonds is 5. The first-order valence-corrected chi connectivity index (χ1v) is 7.73. The van der Waals surface area contributed by atoms with Crippen molar-refractivity contribution < 1.29 is 23.1 Å². The van der Waals surface area contributed by atoms with Gasteiger partial charge < -0.3 is 15.4 Å². The summed E-state index contributed by atoms with van der Waals surface area (Å²) in [5.41, 5.74) is -0.0617. The maximum atomic E-state index is 13.8. The van der Waals surface area contributed by atoms with Crippen molar-refractivity contribution in [2.45, 2.75) is 18.9 Å². The Bertz CT molecular complexity index is 835. The Morgan fingerprint density at radius 2 is 1.80 bits per heavy atom. The maximum Gasteiger partial charge on any atom is 0.258 e. The minimum absolute atomic E-state index is 0.128. The van der Waals surface area contributed by atoms with Crippen molar-refractivity contribution in [3.05, 3.63) is 59.2 Å². The molecule has 0 atom stereocenters. The molecule has 1 fully saturated rings. The highest BCUT2D eigenvalue weighted by Gasteiger charge is 2.26. The summed E-state index contributed by atoms with van der Waals surface area (Å²) < 4.78 is 32.1. The van der Waals surface area contributed by atoms with Gasteiger partial charge in [-0.1, -0.05) is 0 Å². The Balaban J connectivity index is 1.89. The van der Waals surface area contributed by atoms with Crippen LogP contribution in [-0.2, 0) is 0 Å². The normalized spacial score (nSPS) is 13.2. The van der Waals surface area contributed by atoms with Crippen molar-refractivity contribution in [1.29, 1.82) is 0 Å². The van der Waals surface area contributed by atoms with Crippen LogP contribution in [0.3, 0.4) is 0 Å². The van der Waals surface area contributed by atoms with Gasteiger partial charge in [-0.05, 0) is 49.2 Å². The van der Waals surface area contributed by atoms with Crippen LogP contribution < -0.4 is 15.4 Å². The van der Waals surface area contributed by atoms with E-state index >= 15 is 0 Å². The number of hydrogen-bond donors (Lipinski definition) is 2. The number of hydrogen-bond acceptors (Lipinski definition) is 3. The Hall–Kier alpha value is -2.96. The van der Waals surface area contributed by atoms with E-state index < -0.39 is 23.1 Å². The first-order valence-electron chi connectivity index (χ1n) is 7.73. The van der Waals surface area contributed by atoms with Crippen molar-refractivity contribution in [3.8, 4) is 5.75 Å². The Morgan fingerprint density at radius 3 is 2.48 bits per heavy atom. The Morgan fingerprint density at radius 1 is 1.04 bits per heavy atom. The van der Waals surface area contributed by atoms with Gasteiger partial charge in [0.05, 0.1) is 23.9 Å². The number of benzene rings is 2. The largest absolute Gasteiger partial charge is 0.497 e. The van der Waals surface area contributed by atoms with Crippen molar-refractivity contribution in [1.82, 2.24) is 5.32 Å². The molecule has 0 aromatic heterocycles. The van der Waals surface area contributed by atoms with Gasteiger partial charge in [-0.15, -0.1) is 0 Å². The number of halogens is 2. The third-order valence-corrected chi connectivity index (χ3v) is 3.81. The summed E-state index contributed by atoms with van der Waals surface area (Å²) in [6, 6.07) is 7.25. The molecule has 0 spiro atoms. The zero-order valence-electron chi connectivity index (χ0n) is 13.4. The number of anilines is 1. The van der Waals surface area contributed by atoms with Gasteiger partial charge in [0.2, 0.25) is 0 Å². The van der Waals surface area contributed by atoms with Gasteiger partial charge in [-0.3, -0.25) is 9.59 Å². The molecule has 25 heavy (non-hydrogen) atoms. The first kappa shape index (κ1) is 16.9. The molecule has 0 aliphatic heterocycles. The summed E-state index contributed by atoms with van der Waals surface area (Å²) in [6.45, 7) is 0. The van der Waals surface area contributed by atoms with Crippen LogP contribution in [0.4, 0.5) is 14.5 Å². The second kappa shape index (κ2) is 6.88. The van der Waals surface area contributed by atoms with Crippen LogP contribution in [0, 0.1) is 11.6 Å². The monoisotopic (exact) mass is 346 g/mol. The van der Waals surface area contributed by atoms with Crippen LogP contribution in [0.15, 0.2) is 36.4 Å². The van der Waals surface area contributed by atoms with E-state index in [2.05, 4.69) is 10.6 Å². The fraction of sp³-hybridized carbons (Fsp3) is 0.222. The number of ether oxygens (including phenoxy) is 1. The molecule has 5 nitrogen and oxygen atoms in total. The van der Waals surface area contributed by atoms with E-state index in [1.165, 1.54) is 19.2 Å². The molecule has 1 aliphatic carbocycles. The van der Waals surface area contributed by atoms with Crippen molar-refractivity contribution in [2.75, 3.05) is 12.4 Å². The van der Waals surface area contributed by atoms with Gasteiger partial charge >= 0.3 is 0 Å². The number of nitrogens with one attached hydrogen (secondary N) is 2. The van der Waals surface area contributed by atoms with E-state index in [4.69, 9.17) is 4.74 Å². The van der Waals surface area contributed by atoms with Crippen LogP contribution in [0.5, 0.6) is 5.75 Å². The molecule has 7 heteroatoms. The Kier molecular flexibility index (Phi) is 4.65. The van der Waals surface area contributed by atoms with E-state index in [1.807, 2.05) is 0 Å². The lowest BCUT2D eigenvalue weighted by molar-refractivity contribution is 0.0951. The van der Waals surface area contributed by atoms with Crippen LogP contribution in [0.1, 0.15) is 33.6 Å². The zero-order chi connectivity index (χ0) is 18.0. The lowest BCUT2D eigenvalue weighted by atomic mass is 10.1. The first-order chi connectivity index (χ1) is 12.0. The molecule has 0 unspecified atom stereocenters. The molecule has 0 saturated heterocycles. The number of amides is 2. The molecule has 3 rings (SSSR count). The SMILES string of the molecule is COc1ccc(NC(=O)c2cc(F)ccc2F)c(C(=O)NC2CC2)c1. The van der Waals surface area contributed by atoms with E-state index in [0.717, 1.165) is 31.0 Å². The minimum Gasteiger partial charge on any atom is -0.497 e. The predicted octanol–water partition coefficient (Wildman–Crippen LogP) is 3.12. The number of carbonyl (C=O) groups excluding carboxylic acids is 2. The van der Waals surface area contributed by atoms with Crippen LogP contribution >= 0.6 is 0 Å². The van der Waals surface area contributed by atoms with Crippen molar-refractivity contribution in [3.63, 3.8) is 0 Å². The number of carbonyl (C=O) groups is 2. The van der Waals surface area contributed by atoms with Crippen molar-refractivity contribution >= 4 is 17.5 Å². The van der Waals surface area contributed by atoms with E-state index in [0.29, 0.717) is 5.75 Å². The second-order valence-corrected chi connectivity index (χ2v) is 5.74. The third kappa shape index (κ3) is 3.93. The van der Waals surface area contributed by atoms with Gasteiger partial charge in [0, 0.05) is 6.04 Å². The summed E-state index contributed by atoms with van der Waals surface area (Å²) in [6.07, 6.45) is 1.82. The van der Waals surface area contributed by atoms with Gasteiger partial charge in [-0.25, -0.2) is 8.78 Å². The standard InChI is InChI=1S/C18H16F2N2O3/c1-25-12-5-7-16(14(9-12)18(24)21-11-3-4-11)22-17(23)13-8-10(19)2-6-15(13)20/h2,5-9,11H,3-4H2,1H3,(H,21,24)(H,22,23). The van der Waals surface area contributed by atoms with Crippen LogP contribution in [0.2, 0.25) is 0 Å². The van der Waals surface area contributed by atoms with E-state index in [-0.39, 0.29) is 23.2 Å². The molecule has 1 saturated carbocycles. The molecule has 2 amide bonds. The van der Waals surface area contributed by atoms with Crippen molar-refractivity contribution in [2.24, 2.45) is 0 Å². The highest BCUT2D eigenvalue weighted by Crippen LogP contribution is 2.25. The molecule has 130 valence electrons. The maximum absolute atomic E-state index is 13.8. The van der Waals surface area contributed by atoms with E-state index in [1.54, 1.807) is 6.07 Å². The molecular weight excluding hydrogens is 330 g/mol. The topological polar surface area (TPSA) is 67.4 Å². The fourth-order valence-corrected chi connectivity index (χ4v) is 2.30. The summed E-state index contributed by atoms with van der Waals surface area (Å²) in [5, 5.41) is 5.27. The summed E-state index contributed by atoms with van der Waals surface area (Å²) in [4.78, 5) is 24.6. The highest BCUT2D eigenvalue weighted by atomic mass is 19.1. The Labute approximate surface area is 143 Å². The lowest BCUT2D eigenvalue weighted by Gasteiger charge is -2.13. The predicted molar refractivity (Wildman–Crippen MR) is 87.8 cm³/mol. The van der Waals surface area contributed by atoms with Gasteiger partial charge in [0.1, 0.15) is 17.4 Å². The molecule has 2 aromatic rings. The van der Waals surface area contributed by atoms with Gasteiger partial charge in [0.15, 0.2) is 0 Å². The average Bonchev–Trinajstić information content (AvgIpc) is 3.41. The molecule has 0 heterocycles. The van der Waals surface area contributed by atoms with Gasteiger partial charge in [0.25, 0.3) is 11.8 Å². The fourth-order valence-electron chi connectivity index (χ4n) is 2.30. The smallest absolute Gasteiger partial charge is 0.258 e. The summed E-state index contributed by atoms with van der Waals surface area (Å²) in [7, 11) is 1.46. The molecular formula is C18H16F2N2O3. The quantitative estimate of drug-likeness (QED) is 0.874. The average molecular weight is 346 g/mol. The van der Waals surface area contributed by atoms with E-state index in [9.17, 15) is 18.4 Å². The summed E-state index contributed by atoms with van der Waals surface area (Å²) >= 11 is 0. The lowest BCUT2D eigenvalue weighted by Crippen LogP contribution is -2.27. The van der Waals surface area contributed by atoms with Crippen LogP contribution in [-0.4, -0.2) is 25.0 Å². The zero-order valence-corrected chi connectivity index (χ0v) is 13.4. The number of methoxy groups -OCH3 is 1. The molecule has 1 aliphatic rings. The van der Waals surface area contributed by atoms with Crippen LogP contribution in [0.25, 0.3) is 0 Å². The molecule has 2 N–H and O–H groups in total. The summed E-state index contributed by atoms with van der Waals surface area (Å²) in [5.74, 6) is -2.35. The molecule has 0 radical (unpaired) electrons. The molecule has 0 bridgehead atoms.